The van der Waals surface area contributed by atoms with E-state index in [2.05, 4.69) is 5.32 Å². The number of carbonyl (C=O) groups excluding carboxylic acids is 1. The summed E-state index contributed by atoms with van der Waals surface area (Å²) >= 11 is 5.88. The lowest BCUT2D eigenvalue weighted by Crippen LogP contribution is -2.32. The fourth-order valence-electron chi connectivity index (χ4n) is 2.20. The Morgan fingerprint density at radius 2 is 1.91 bits per heavy atom. The number of hydrogen-bond donors (Lipinski definition) is 1. The summed E-state index contributed by atoms with van der Waals surface area (Å²) in [7, 11) is 1.63. The van der Waals surface area contributed by atoms with E-state index in [-0.39, 0.29) is 18.6 Å². The quantitative estimate of drug-likeness (QED) is 0.833. The van der Waals surface area contributed by atoms with E-state index in [0.29, 0.717) is 10.8 Å². The lowest BCUT2D eigenvalue weighted by molar-refractivity contribution is -0.123. The van der Waals surface area contributed by atoms with Crippen molar-refractivity contribution in [3.63, 3.8) is 0 Å². The summed E-state index contributed by atoms with van der Waals surface area (Å²) in [6, 6.07) is 14.6. The molecular formula is C18H20ClNO3. The van der Waals surface area contributed by atoms with Gasteiger partial charge in [-0.15, -0.1) is 0 Å². The Morgan fingerprint density at radius 3 is 2.52 bits per heavy atom. The first kappa shape index (κ1) is 17.2. The first-order chi connectivity index (χ1) is 11.1. The van der Waals surface area contributed by atoms with Crippen molar-refractivity contribution in [2.24, 2.45) is 0 Å². The van der Waals surface area contributed by atoms with Crippen molar-refractivity contribution in [2.45, 2.75) is 19.4 Å². The molecule has 0 fully saturated rings. The molecule has 0 radical (unpaired) electrons. The van der Waals surface area contributed by atoms with E-state index in [0.717, 1.165) is 17.7 Å². The molecule has 1 amide bonds. The third kappa shape index (κ3) is 5.18. The molecule has 4 nitrogen and oxygen atoms in total. The molecule has 0 aliphatic carbocycles. The van der Waals surface area contributed by atoms with Crippen LogP contribution in [0.2, 0.25) is 5.02 Å². The van der Waals surface area contributed by atoms with Crippen LogP contribution in [-0.2, 0) is 4.79 Å². The largest absolute Gasteiger partial charge is 0.497 e. The Hall–Kier alpha value is -2.20. The number of ether oxygens (including phenoxy) is 2. The van der Waals surface area contributed by atoms with Gasteiger partial charge in [0.2, 0.25) is 0 Å². The van der Waals surface area contributed by atoms with Crippen molar-refractivity contribution in [1.82, 2.24) is 5.32 Å². The van der Waals surface area contributed by atoms with Crippen molar-refractivity contribution in [3.8, 4) is 11.5 Å². The molecular weight excluding hydrogens is 314 g/mol. The molecule has 2 rings (SSSR count). The highest BCUT2D eigenvalue weighted by atomic mass is 35.5. The second kappa shape index (κ2) is 8.44. The monoisotopic (exact) mass is 333 g/mol. The van der Waals surface area contributed by atoms with E-state index in [9.17, 15) is 4.79 Å². The third-order valence-corrected chi connectivity index (χ3v) is 3.66. The van der Waals surface area contributed by atoms with Gasteiger partial charge >= 0.3 is 0 Å². The van der Waals surface area contributed by atoms with Crippen LogP contribution in [0.3, 0.4) is 0 Å². The summed E-state index contributed by atoms with van der Waals surface area (Å²) in [6.07, 6.45) is 0.787. The van der Waals surface area contributed by atoms with Gasteiger partial charge < -0.3 is 14.8 Å². The molecule has 0 spiro atoms. The topological polar surface area (TPSA) is 47.6 Å². The summed E-state index contributed by atoms with van der Waals surface area (Å²) in [4.78, 5) is 12.1. The molecule has 0 saturated carbocycles. The minimum atomic E-state index is -0.173. The SMILES string of the molecule is CC[C@@H](NC(=O)COc1cccc(Cl)c1)c1ccc(OC)cc1. The Balaban J connectivity index is 1.91. The van der Waals surface area contributed by atoms with Crippen LogP contribution in [0.15, 0.2) is 48.5 Å². The zero-order chi connectivity index (χ0) is 16.7. The molecule has 1 N–H and O–H groups in total. The zero-order valence-electron chi connectivity index (χ0n) is 13.2. The first-order valence-electron chi connectivity index (χ1n) is 7.44. The standard InChI is InChI=1S/C18H20ClNO3/c1-3-17(13-7-9-15(22-2)10-8-13)20-18(21)12-23-16-6-4-5-14(19)11-16/h4-11,17H,3,12H2,1-2H3,(H,20,21)/t17-/m1/s1. The van der Waals surface area contributed by atoms with Gasteiger partial charge in [-0.1, -0.05) is 36.7 Å². The average Bonchev–Trinajstić information content (AvgIpc) is 2.58. The Kier molecular flexibility index (Phi) is 6.29. The molecule has 2 aromatic rings. The van der Waals surface area contributed by atoms with Crippen LogP contribution >= 0.6 is 11.6 Å². The number of hydrogen-bond acceptors (Lipinski definition) is 3. The third-order valence-electron chi connectivity index (χ3n) is 3.43. The van der Waals surface area contributed by atoms with Gasteiger partial charge in [0, 0.05) is 5.02 Å². The summed E-state index contributed by atoms with van der Waals surface area (Å²) in [6.45, 7) is 1.97. The number of halogens is 1. The number of amides is 1. The second-order valence-electron chi connectivity index (χ2n) is 5.05. The highest BCUT2D eigenvalue weighted by Gasteiger charge is 2.13. The predicted molar refractivity (Wildman–Crippen MR) is 91.1 cm³/mol. The Morgan fingerprint density at radius 1 is 1.17 bits per heavy atom. The van der Waals surface area contributed by atoms with Crippen LogP contribution in [0.4, 0.5) is 0 Å². The molecule has 1 atom stereocenters. The van der Waals surface area contributed by atoms with Crippen LogP contribution in [0.25, 0.3) is 0 Å². The van der Waals surface area contributed by atoms with Crippen LogP contribution < -0.4 is 14.8 Å². The molecule has 0 heterocycles. The minimum absolute atomic E-state index is 0.0486. The van der Waals surface area contributed by atoms with E-state index in [1.165, 1.54) is 0 Å². The van der Waals surface area contributed by atoms with E-state index in [1.807, 2.05) is 31.2 Å². The van der Waals surface area contributed by atoms with Crippen molar-refractivity contribution >= 4 is 17.5 Å². The fraction of sp³-hybridized carbons (Fsp3) is 0.278. The van der Waals surface area contributed by atoms with Gasteiger partial charge in [0.25, 0.3) is 5.91 Å². The molecule has 23 heavy (non-hydrogen) atoms. The smallest absolute Gasteiger partial charge is 0.258 e. The highest BCUT2D eigenvalue weighted by Crippen LogP contribution is 2.20. The summed E-state index contributed by atoms with van der Waals surface area (Å²) in [5.74, 6) is 1.19. The van der Waals surface area contributed by atoms with E-state index in [1.54, 1.807) is 31.4 Å². The summed E-state index contributed by atoms with van der Waals surface area (Å²) in [5, 5.41) is 3.54. The summed E-state index contributed by atoms with van der Waals surface area (Å²) in [5.41, 5.74) is 1.03. The predicted octanol–water partition coefficient (Wildman–Crippen LogP) is 3.99. The van der Waals surface area contributed by atoms with Gasteiger partial charge in [0.1, 0.15) is 11.5 Å². The van der Waals surface area contributed by atoms with Gasteiger partial charge in [-0.25, -0.2) is 0 Å². The Bertz CT molecular complexity index is 643. The number of nitrogens with one attached hydrogen (secondary N) is 1. The molecule has 0 unspecified atom stereocenters. The van der Waals surface area contributed by atoms with Gasteiger partial charge in [0.05, 0.1) is 13.2 Å². The number of benzene rings is 2. The fourth-order valence-corrected chi connectivity index (χ4v) is 2.38. The molecule has 0 bridgehead atoms. The molecule has 122 valence electrons. The maximum atomic E-state index is 12.1. The highest BCUT2D eigenvalue weighted by molar-refractivity contribution is 6.30. The first-order valence-corrected chi connectivity index (χ1v) is 7.82. The van der Waals surface area contributed by atoms with Gasteiger partial charge in [-0.2, -0.15) is 0 Å². The van der Waals surface area contributed by atoms with Crippen LogP contribution in [0, 0.1) is 0 Å². The lowest BCUT2D eigenvalue weighted by atomic mass is 10.0. The Labute approximate surface area is 141 Å². The van der Waals surface area contributed by atoms with Gasteiger partial charge in [-0.3, -0.25) is 4.79 Å². The second-order valence-corrected chi connectivity index (χ2v) is 5.48. The molecule has 0 saturated heterocycles. The van der Waals surface area contributed by atoms with Gasteiger partial charge in [-0.05, 0) is 42.3 Å². The van der Waals surface area contributed by atoms with Crippen LogP contribution in [0.5, 0.6) is 11.5 Å². The maximum absolute atomic E-state index is 12.1. The molecule has 0 aliphatic heterocycles. The number of carbonyl (C=O) groups is 1. The minimum Gasteiger partial charge on any atom is -0.497 e. The normalized spacial score (nSPS) is 11.6. The van der Waals surface area contributed by atoms with Crippen molar-refractivity contribution in [1.29, 1.82) is 0 Å². The average molecular weight is 334 g/mol. The number of rotatable bonds is 7. The van der Waals surface area contributed by atoms with Gasteiger partial charge in [0.15, 0.2) is 6.61 Å². The van der Waals surface area contributed by atoms with Crippen LogP contribution in [-0.4, -0.2) is 19.6 Å². The van der Waals surface area contributed by atoms with E-state index >= 15 is 0 Å². The molecule has 0 aromatic heterocycles. The van der Waals surface area contributed by atoms with Crippen molar-refractivity contribution in [2.75, 3.05) is 13.7 Å². The van der Waals surface area contributed by atoms with E-state index in [4.69, 9.17) is 21.1 Å². The van der Waals surface area contributed by atoms with Crippen molar-refractivity contribution < 1.29 is 14.3 Å². The van der Waals surface area contributed by atoms with Crippen LogP contribution in [0.1, 0.15) is 24.9 Å². The zero-order valence-corrected chi connectivity index (χ0v) is 14.0. The molecule has 5 heteroatoms. The molecule has 2 aromatic carbocycles. The van der Waals surface area contributed by atoms with E-state index < -0.39 is 0 Å². The lowest BCUT2D eigenvalue weighted by Gasteiger charge is -2.18. The molecule has 0 aliphatic rings. The number of methoxy groups -OCH3 is 1. The maximum Gasteiger partial charge on any atom is 0.258 e. The summed E-state index contributed by atoms with van der Waals surface area (Å²) < 4.78 is 10.6. The van der Waals surface area contributed by atoms with Crippen molar-refractivity contribution in [3.05, 3.63) is 59.1 Å².